The highest BCUT2D eigenvalue weighted by atomic mass is 32.2. The van der Waals surface area contributed by atoms with Gasteiger partial charge in [0.25, 0.3) is 5.91 Å². The quantitative estimate of drug-likeness (QED) is 0.787. The number of hydrogen-bond acceptors (Lipinski definition) is 7. The zero-order valence-corrected chi connectivity index (χ0v) is 16.2. The van der Waals surface area contributed by atoms with Crippen molar-refractivity contribution in [3.63, 3.8) is 0 Å². The monoisotopic (exact) mass is 409 g/mol. The van der Waals surface area contributed by atoms with Crippen molar-refractivity contribution in [3.8, 4) is 0 Å². The third-order valence-corrected chi connectivity index (χ3v) is 6.79. The van der Waals surface area contributed by atoms with Gasteiger partial charge in [-0.05, 0) is 37.8 Å². The summed E-state index contributed by atoms with van der Waals surface area (Å²) < 4.78 is 44.8. The summed E-state index contributed by atoms with van der Waals surface area (Å²) in [6, 6.07) is 2.31. The van der Waals surface area contributed by atoms with Crippen LogP contribution in [0.4, 0.5) is 4.39 Å². The predicted octanol–water partition coefficient (Wildman–Crippen LogP) is 0.634. The second kappa shape index (κ2) is 6.59. The molecule has 4 rings (SSSR count). The van der Waals surface area contributed by atoms with E-state index in [-0.39, 0.29) is 24.2 Å². The topological polar surface area (TPSA) is 118 Å². The number of nitrogens with one attached hydrogen (secondary N) is 1. The summed E-state index contributed by atoms with van der Waals surface area (Å²) in [7, 11) is -3.38. The number of aromatic nitrogens is 3. The van der Waals surface area contributed by atoms with E-state index in [1.54, 1.807) is 6.92 Å². The molecule has 1 amide bonds. The standard InChI is InChI=1S/C17H20FN5O4S/c1-10-20-16(27-22-10)17-7-12(6-11(17)8-23(9-17)28(2,25)26)21-15(24)14-13(18)4-3-5-19-14/h3-5,11-12H,6-9H2,1-2H3,(H,21,24)/t11?,12-,17+/m1/s1. The van der Waals surface area contributed by atoms with E-state index >= 15 is 0 Å². The van der Waals surface area contributed by atoms with E-state index < -0.39 is 27.2 Å². The molecule has 0 radical (unpaired) electrons. The molecule has 0 bridgehead atoms. The van der Waals surface area contributed by atoms with Crippen LogP contribution in [0.2, 0.25) is 0 Å². The van der Waals surface area contributed by atoms with Gasteiger partial charge in [0.15, 0.2) is 17.3 Å². The van der Waals surface area contributed by atoms with Crippen LogP contribution in [0.1, 0.15) is 35.0 Å². The summed E-state index contributed by atoms with van der Waals surface area (Å²) >= 11 is 0. The van der Waals surface area contributed by atoms with Crippen molar-refractivity contribution in [1.29, 1.82) is 0 Å². The zero-order chi connectivity index (χ0) is 20.1. The fourth-order valence-electron chi connectivity index (χ4n) is 4.32. The molecule has 2 aliphatic rings. The van der Waals surface area contributed by atoms with Crippen LogP contribution in [0.5, 0.6) is 0 Å². The largest absolute Gasteiger partial charge is 0.348 e. The first-order valence-electron chi connectivity index (χ1n) is 8.86. The molecule has 3 heterocycles. The Morgan fingerprint density at radius 2 is 2.25 bits per heavy atom. The highest BCUT2D eigenvalue weighted by molar-refractivity contribution is 7.88. The number of carbonyl (C=O) groups excluding carboxylic acids is 1. The van der Waals surface area contributed by atoms with E-state index in [1.165, 1.54) is 28.9 Å². The second-order valence-corrected chi connectivity index (χ2v) is 9.48. The third-order valence-electron chi connectivity index (χ3n) is 5.57. The van der Waals surface area contributed by atoms with Crippen molar-refractivity contribution >= 4 is 15.9 Å². The van der Waals surface area contributed by atoms with Gasteiger partial charge >= 0.3 is 0 Å². The number of pyridine rings is 1. The number of halogens is 1. The maximum Gasteiger partial charge on any atom is 0.273 e. The lowest BCUT2D eigenvalue weighted by Crippen LogP contribution is -2.39. The van der Waals surface area contributed by atoms with Crippen LogP contribution < -0.4 is 5.32 Å². The molecule has 150 valence electrons. The summed E-state index contributed by atoms with van der Waals surface area (Å²) in [5.41, 5.74) is -0.940. The summed E-state index contributed by atoms with van der Waals surface area (Å²) in [4.78, 5) is 20.6. The average Bonchev–Trinajstić information content (AvgIpc) is 3.27. The van der Waals surface area contributed by atoms with Crippen LogP contribution in [0.3, 0.4) is 0 Å². The minimum atomic E-state index is -3.38. The van der Waals surface area contributed by atoms with E-state index in [0.717, 1.165) is 0 Å². The second-order valence-electron chi connectivity index (χ2n) is 7.50. The Morgan fingerprint density at radius 1 is 1.46 bits per heavy atom. The SMILES string of the molecule is Cc1noc([C@]23C[C@H](NC(=O)c4ncccc4F)CC2CN(S(C)(=O)=O)C3)n1. The predicted molar refractivity (Wildman–Crippen MR) is 95.3 cm³/mol. The molecule has 2 fully saturated rings. The van der Waals surface area contributed by atoms with Gasteiger partial charge in [-0.15, -0.1) is 0 Å². The molecule has 2 aromatic heterocycles. The molecule has 1 aliphatic heterocycles. The molecule has 3 atom stereocenters. The van der Waals surface area contributed by atoms with Gasteiger partial charge in [0.05, 0.1) is 11.7 Å². The summed E-state index contributed by atoms with van der Waals surface area (Å²) in [6.45, 7) is 2.22. The number of aryl methyl sites for hydroxylation is 1. The molecule has 1 saturated carbocycles. The molecule has 0 aromatic carbocycles. The first kappa shape index (κ1) is 18.9. The summed E-state index contributed by atoms with van der Waals surface area (Å²) in [5, 5.41) is 6.67. The van der Waals surface area contributed by atoms with Crippen molar-refractivity contribution in [2.45, 2.75) is 31.2 Å². The molecule has 11 heteroatoms. The Kier molecular flexibility index (Phi) is 4.46. The van der Waals surface area contributed by atoms with Gasteiger partial charge in [-0.2, -0.15) is 4.98 Å². The van der Waals surface area contributed by atoms with E-state index in [4.69, 9.17) is 4.52 Å². The maximum atomic E-state index is 13.8. The van der Waals surface area contributed by atoms with Crippen LogP contribution in [0, 0.1) is 18.7 Å². The van der Waals surface area contributed by atoms with Gasteiger partial charge in [0.2, 0.25) is 15.9 Å². The number of sulfonamides is 1. The Bertz CT molecular complexity index is 1030. The first-order valence-corrected chi connectivity index (χ1v) is 10.7. The molecule has 1 aliphatic carbocycles. The van der Waals surface area contributed by atoms with Gasteiger partial charge in [-0.3, -0.25) is 4.79 Å². The minimum absolute atomic E-state index is 0.0963. The number of carbonyl (C=O) groups is 1. The fraction of sp³-hybridized carbons (Fsp3) is 0.529. The van der Waals surface area contributed by atoms with Crippen molar-refractivity contribution < 1.29 is 22.1 Å². The Morgan fingerprint density at radius 3 is 2.89 bits per heavy atom. The zero-order valence-electron chi connectivity index (χ0n) is 15.4. The summed E-state index contributed by atoms with van der Waals surface area (Å²) in [6.07, 6.45) is 3.47. The van der Waals surface area contributed by atoms with Crippen molar-refractivity contribution in [2.75, 3.05) is 19.3 Å². The molecule has 1 N–H and O–H groups in total. The van der Waals surface area contributed by atoms with Gasteiger partial charge < -0.3 is 9.84 Å². The molecule has 28 heavy (non-hydrogen) atoms. The number of fused-ring (bicyclic) bond motifs is 1. The van der Waals surface area contributed by atoms with Gasteiger partial charge in [-0.1, -0.05) is 5.16 Å². The lowest BCUT2D eigenvalue weighted by molar-refractivity contribution is 0.0925. The Labute approximate surface area is 161 Å². The van der Waals surface area contributed by atoms with Gasteiger partial charge in [0.1, 0.15) is 0 Å². The third kappa shape index (κ3) is 3.18. The van der Waals surface area contributed by atoms with Crippen molar-refractivity contribution in [2.24, 2.45) is 5.92 Å². The smallest absolute Gasteiger partial charge is 0.273 e. The lowest BCUT2D eigenvalue weighted by atomic mass is 9.80. The number of hydrogen-bond donors (Lipinski definition) is 1. The first-order chi connectivity index (χ1) is 13.2. The maximum absolute atomic E-state index is 13.8. The molecular weight excluding hydrogens is 389 g/mol. The van der Waals surface area contributed by atoms with Gasteiger partial charge in [0, 0.05) is 25.3 Å². The molecule has 2 aromatic rings. The molecule has 0 spiro atoms. The molecule has 1 saturated heterocycles. The number of nitrogens with zero attached hydrogens (tertiary/aromatic N) is 4. The van der Waals surface area contributed by atoms with Crippen LogP contribution >= 0.6 is 0 Å². The van der Waals surface area contributed by atoms with E-state index in [9.17, 15) is 17.6 Å². The van der Waals surface area contributed by atoms with Crippen LogP contribution in [0.25, 0.3) is 0 Å². The number of amides is 1. The van der Waals surface area contributed by atoms with E-state index in [0.29, 0.717) is 31.1 Å². The normalized spacial score (nSPS) is 27.7. The van der Waals surface area contributed by atoms with Crippen molar-refractivity contribution in [1.82, 2.24) is 24.7 Å². The lowest BCUT2D eigenvalue weighted by Gasteiger charge is -2.24. The Hall–Kier alpha value is -2.40. The number of rotatable bonds is 4. The molecule has 1 unspecified atom stereocenters. The van der Waals surface area contributed by atoms with E-state index in [2.05, 4.69) is 20.4 Å². The van der Waals surface area contributed by atoms with Crippen LogP contribution in [-0.4, -0.2) is 59.1 Å². The van der Waals surface area contributed by atoms with Crippen molar-refractivity contribution in [3.05, 3.63) is 41.6 Å². The average molecular weight is 409 g/mol. The van der Waals surface area contributed by atoms with Gasteiger partial charge in [-0.25, -0.2) is 22.1 Å². The highest BCUT2D eigenvalue weighted by Crippen LogP contribution is 2.50. The molecular formula is C17H20FN5O4S. The van der Waals surface area contributed by atoms with Crippen LogP contribution in [0.15, 0.2) is 22.9 Å². The highest BCUT2D eigenvalue weighted by Gasteiger charge is 2.59. The molecule has 9 nitrogen and oxygen atoms in total. The summed E-state index contributed by atoms with van der Waals surface area (Å²) in [5.74, 6) is -0.546. The van der Waals surface area contributed by atoms with E-state index in [1.807, 2.05) is 0 Å². The fourth-order valence-corrected chi connectivity index (χ4v) is 5.24. The van der Waals surface area contributed by atoms with Crippen LogP contribution in [-0.2, 0) is 15.4 Å². The Balaban J connectivity index is 1.59. The minimum Gasteiger partial charge on any atom is -0.348 e.